The van der Waals surface area contributed by atoms with Gasteiger partial charge in [0.25, 0.3) is 0 Å². The van der Waals surface area contributed by atoms with E-state index in [1.165, 1.54) is 24.8 Å². The zero-order valence-electron chi connectivity index (χ0n) is 5.31. The summed E-state index contributed by atoms with van der Waals surface area (Å²) in [6.45, 7) is 2.10. The number of rotatable bonds is 2. The largest absolute Gasteiger partial charge is 0.351 e. The van der Waals surface area contributed by atoms with Crippen LogP contribution in [0.1, 0.15) is 19.8 Å². The highest BCUT2D eigenvalue weighted by atomic mass is 32.2. The Labute approximate surface area is 58.5 Å². The highest BCUT2D eigenvalue weighted by Crippen LogP contribution is 2.46. The molecule has 0 aromatic carbocycles. The minimum atomic E-state index is -0.451. The first kappa shape index (κ1) is 6.74. The van der Waals surface area contributed by atoms with Crippen molar-refractivity contribution < 1.29 is 4.79 Å². The molecule has 3 N–H and O–H groups in total. The lowest BCUT2D eigenvalue weighted by Crippen LogP contribution is -2.25. The van der Waals surface area contributed by atoms with Crippen LogP contribution < -0.4 is 10.5 Å². The van der Waals surface area contributed by atoms with E-state index < -0.39 is 6.03 Å². The van der Waals surface area contributed by atoms with Crippen LogP contribution in [-0.2, 0) is 0 Å². The van der Waals surface area contributed by atoms with Gasteiger partial charge in [-0.2, -0.15) is 0 Å². The number of amides is 2. The number of primary amides is 1. The van der Waals surface area contributed by atoms with Crippen molar-refractivity contribution in [1.29, 1.82) is 0 Å². The topological polar surface area (TPSA) is 55.1 Å². The Morgan fingerprint density at radius 3 is 2.67 bits per heavy atom. The van der Waals surface area contributed by atoms with E-state index in [9.17, 15) is 4.79 Å². The third-order valence-corrected chi connectivity index (χ3v) is 2.56. The maximum Gasteiger partial charge on any atom is 0.322 e. The van der Waals surface area contributed by atoms with Gasteiger partial charge in [0.1, 0.15) is 0 Å². The summed E-state index contributed by atoms with van der Waals surface area (Å²) in [4.78, 5) is 10.2. The predicted octanol–water partition coefficient (Wildman–Crippen LogP) is 0.855. The molecule has 3 nitrogen and oxygen atoms in total. The number of urea groups is 1. The number of carbonyl (C=O) groups excluding carboxylic acids is 1. The fraction of sp³-hybridized carbons (Fsp3) is 0.800. The van der Waals surface area contributed by atoms with Crippen molar-refractivity contribution in [2.24, 2.45) is 5.73 Å². The van der Waals surface area contributed by atoms with Crippen molar-refractivity contribution in [3.8, 4) is 0 Å². The molecule has 0 aromatic heterocycles. The molecular formula is C5H10N2OS. The number of nitrogens with one attached hydrogen (secondary N) is 1. The van der Waals surface area contributed by atoms with Gasteiger partial charge in [-0.15, -0.1) is 0 Å². The Hall–Kier alpha value is -0.380. The molecule has 1 rings (SSSR count). The van der Waals surface area contributed by atoms with Crippen molar-refractivity contribution in [2.75, 3.05) is 0 Å². The molecule has 4 heteroatoms. The van der Waals surface area contributed by atoms with E-state index in [-0.39, 0.29) is 4.75 Å². The third kappa shape index (κ3) is 2.13. The van der Waals surface area contributed by atoms with Crippen LogP contribution in [0.2, 0.25) is 0 Å². The maximum absolute atomic E-state index is 10.2. The van der Waals surface area contributed by atoms with E-state index in [0.29, 0.717) is 0 Å². The van der Waals surface area contributed by atoms with Crippen LogP contribution in [0.4, 0.5) is 4.79 Å². The van der Waals surface area contributed by atoms with Gasteiger partial charge in [0.15, 0.2) is 0 Å². The second kappa shape index (κ2) is 2.10. The second-order valence-corrected chi connectivity index (χ2v) is 3.91. The molecule has 0 bridgehead atoms. The van der Waals surface area contributed by atoms with Gasteiger partial charge in [0.2, 0.25) is 0 Å². The molecule has 0 radical (unpaired) electrons. The number of carbonyl (C=O) groups is 1. The number of hydrogen-bond donors (Lipinski definition) is 2. The van der Waals surface area contributed by atoms with Crippen molar-refractivity contribution in [2.45, 2.75) is 24.5 Å². The summed E-state index contributed by atoms with van der Waals surface area (Å²) >= 11 is 1.43. The molecule has 2 amide bonds. The van der Waals surface area contributed by atoms with E-state index in [4.69, 9.17) is 5.73 Å². The first-order valence-corrected chi connectivity index (χ1v) is 3.67. The minimum absolute atomic E-state index is 0.287. The molecule has 0 spiro atoms. The Morgan fingerprint density at radius 2 is 2.33 bits per heavy atom. The Balaban J connectivity index is 2.12. The minimum Gasteiger partial charge on any atom is -0.351 e. The average Bonchev–Trinajstić information content (AvgIpc) is 2.45. The van der Waals surface area contributed by atoms with Crippen molar-refractivity contribution in [3.05, 3.63) is 0 Å². The summed E-state index contributed by atoms with van der Waals surface area (Å²) in [6, 6.07) is -0.451. The quantitative estimate of drug-likeness (QED) is 0.567. The summed E-state index contributed by atoms with van der Waals surface area (Å²) in [6.07, 6.45) is 2.36. The van der Waals surface area contributed by atoms with Gasteiger partial charge in [-0.25, -0.2) is 4.79 Å². The van der Waals surface area contributed by atoms with Gasteiger partial charge >= 0.3 is 6.03 Å². The van der Waals surface area contributed by atoms with Crippen LogP contribution in [0.5, 0.6) is 0 Å². The fourth-order valence-corrected chi connectivity index (χ4v) is 1.10. The van der Waals surface area contributed by atoms with E-state index in [2.05, 4.69) is 11.6 Å². The standard InChI is InChI=1S/C5H10N2OS/c1-5(2-3-5)9-7-4(6)8/h2-3H2,1H3,(H3,6,7,8). The van der Waals surface area contributed by atoms with Crippen LogP contribution in [0.15, 0.2) is 0 Å². The number of hydrogen-bond acceptors (Lipinski definition) is 2. The van der Waals surface area contributed by atoms with Crippen LogP contribution in [0.25, 0.3) is 0 Å². The lowest BCUT2D eigenvalue weighted by Gasteiger charge is -2.05. The highest BCUT2D eigenvalue weighted by molar-refractivity contribution is 7.99. The van der Waals surface area contributed by atoms with Gasteiger partial charge in [-0.1, -0.05) is 0 Å². The monoisotopic (exact) mass is 146 g/mol. The summed E-state index contributed by atoms with van der Waals surface area (Å²) in [5.74, 6) is 0. The first-order valence-electron chi connectivity index (χ1n) is 2.86. The molecule has 0 atom stereocenters. The van der Waals surface area contributed by atoms with Crippen molar-refractivity contribution in [3.63, 3.8) is 0 Å². The van der Waals surface area contributed by atoms with Crippen LogP contribution >= 0.6 is 11.9 Å². The molecule has 1 aliphatic rings. The van der Waals surface area contributed by atoms with Crippen molar-refractivity contribution in [1.82, 2.24) is 4.72 Å². The second-order valence-electron chi connectivity index (χ2n) is 2.52. The maximum atomic E-state index is 10.2. The van der Waals surface area contributed by atoms with Crippen LogP contribution in [-0.4, -0.2) is 10.8 Å². The van der Waals surface area contributed by atoms with Gasteiger partial charge < -0.3 is 5.73 Å². The van der Waals surface area contributed by atoms with Crippen LogP contribution in [0.3, 0.4) is 0 Å². The lowest BCUT2D eigenvalue weighted by atomic mass is 10.5. The predicted molar refractivity (Wildman–Crippen MR) is 37.9 cm³/mol. The van der Waals surface area contributed by atoms with E-state index in [1.807, 2.05) is 0 Å². The smallest absolute Gasteiger partial charge is 0.322 e. The van der Waals surface area contributed by atoms with Crippen molar-refractivity contribution >= 4 is 18.0 Å². The normalized spacial score (nSPS) is 21.0. The molecule has 0 aliphatic heterocycles. The highest BCUT2D eigenvalue weighted by Gasteiger charge is 2.38. The zero-order chi connectivity index (χ0) is 6.91. The van der Waals surface area contributed by atoms with Gasteiger partial charge in [0.05, 0.1) is 0 Å². The molecule has 52 valence electrons. The molecular weight excluding hydrogens is 136 g/mol. The average molecular weight is 146 g/mol. The molecule has 1 aliphatic carbocycles. The summed E-state index contributed by atoms with van der Waals surface area (Å²) in [5.41, 5.74) is 4.86. The molecule has 0 unspecified atom stereocenters. The molecule has 1 saturated carbocycles. The van der Waals surface area contributed by atoms with Gasteiger partial charge in [-0.05, 0) is 31.7 Å². The molecule has 0 aromatic rings. The SMILES string of the molecule is CC1(SNC(N)=O)CC1. The van der Waals surface area contributed by atoms with E-state index in [0.717, 1.165) is 0 Å². The summed E-state index contributed by atoms with van der Waals surface area (Å²) < 4.78 is 2.79. The van der Waals surface area contributed by atoms with E-state index >= 15 is 0 Å². The van der Waals surface area contributed by atoms with Crippen LogP contribution in [0, 0.1) is 0 Å². The molecule has 0 heterocycles. The molecule has 1 fully saturated rings. The van der Waals surface area contributed by atoms with Gasteiger partial charge in [-0.3, -0.25) is 4.72 Å². The Bertz CT molecular complexity index is 133. The Morgan fingerprint density at radius 1 is 1.78 bits per heavy atom. The third-order valence-electron chi connectivity index (χ3n) is 1.35. The van der Waals surface area contributed by atoms with Gasteiger partial charge in [0, 0.05) is 4.75 Å². The lowest BCUT2D eigenvalue weighted by molar-refractivity contribution is 0.254. The number of nitrogens with two attached hydrogens (primary N) is 1. The zero-order valence-corrected chi connectivity index (χ0v) is 6.12. The first-order chi connectivity index (χ1) is 4.12. The molecule has 0 saturated heterocycles. The Kier molecular flexibility index (Phi) is 1.57. The van der Waals surface area contributed by atoms with E-state index in [1.54, 1.807) is 0 Å². The summed E-state index contributed by atoms with van der Waals surface area (Å²) in [5, 5.41) is 0. The summed E-state index contributed by atoms with van der Waals surface area (Å²) in [7, 11) is 0. The molecule has 9 heavy (non-hydrogen) atoms. The fourth-order valence-electron chi connectivity index (χ4n) is 0.452.